The third kappa shape index (κ3) is 9.09. The molecule has 0 saturated heterocycles. The van der Waals surface area contributed by atoms with E-state index >= 15 is 0 Å². The second kappa shape index (κ2) is 15.0. The molecule has 0 aromatic heterocycles. The Morgan fingerprint density at radius 3 is 2.10 bits per heavy atom. The highest BCUT2D eigenvalue weighted by Crippen LogP contribution is 2.26. The second-order valence-corrected chi connectivity index (χ2v) is 11.4. The molecule has 0 fully saturated rings. The first-order valence-electron chi connectivity index (χ1n) is 13.3. The minimum Gasteiger partial charge on any atom is -0.494 e. The fourth-order valence-corrected chi connectivity index (χ4v) is 4.92. The molecule has 0 heterocycles. The van der Waals surface area contributed by atoms with Gasteiger partial charge in [0.25, 0.3) is 11.8 Å². The van der Waals surface area contributed by atoms with Crippen LogP contribution in [0.4, 0.5) is 11.4 Å². The number of benzene rings is 4. The smallest absolute Gasteiger partial charge is 0.272 e. The maximum atomic E-state index is 13.3. The van der Waals surface area contributed by atoms with E-state index in [0.29, 0.717) is 23.6 Å². The Morgan fingerprint density at radius 1 is 0.833 bits per heavy atom. The van der Waals surface area contributed by atoms with Crippen LogP contribution in [0.15, 0.2) is 118 Å². The molecule has 4 rings (SSSR count). The Bertz CT molecular complexity index is 1540. The van der Waals surface area contributed by atoms with E-state index in [1.165, 1.54) is 11.8 Å². The van der Waals surface area contributed by atoms with Gasteiger partial charge in [0, 0.05) is 26.3 Å². The lowest BCUT2D eigenvalue weighted by Gasteiger charge is -2.14. The van der Waals surface area contributed by atoms with E-state index in [0.717, 1.165) is 20.6 Å². The molecule has 0 bridgehead atoms. The van der Waals surface area contributed by atoms with Crippen LogP contribution in [-0.2, 0) is 9.59 Å². The molecule has 7 nitrogen and oxygen atoms in total. The third-order valence-corrected chi connectivity index (χ3v) is 7.58. The highest BCUT2D eigenvalue weighted by atomic mass is 79.9. The number of anilines is 2. The number of nitrogens with one attached hydrogen (secondary N) is 3. The molecule has 0 aliphatic carbocycles. The number of thioether (sulfide) groups is 1. The van der Waals surface area contributed by atoms with E-state index in [2.05, 4.69) is 31.9 Å². The molecular weight excluding hydrogens is 614 g/mol. The summed E-state index contributed by atoms with van der Waals surface area (Å²) in [5.41, 5.74) is 2.51. The fraction of sp³-hybridized carbons (Fsp3) is 0.121. The van der Waals surface area contributed by atoms with Gasteiger partial charge in [-0.2, -0.15) is 0 Å². The summed E-state index contributed by atoms with van der Waals surface area (Å²) in [6, 6.07) is 30.5. The summed E-state index contributed by atoms with van der Waals surface area (Å²) in [5.74, 6) is -0.272. The van der Waals surface area contributed by atoms with Crippen LogP contribution < -0.4 is 20.7 Å². The first-order chi connectivity index (χ1) is 20.3. The maximum absolute atomic E-state index is 13.3. The Kier molecular flexibility index (Phi) is 11.0. The molecule has 214 valence electrons. The lowest BCUT2D eigenvalue weighted by atomic mass is 10.1. The van der Waals surface area contributed by atoms with Gasteiger partial charge in [-0.3, -0.25) is 14.4 Å². The molecule has 0 aliphatic rings. The van der Waals surface area contributed by atoms with Crippen molar-refractivity contribution in [2.24, 2.45) is 0 Å². The number of amides is 3. The quantitative estimate of drug-likeness (QED) is 0.117. The van der Waals surface area contributed by atoms with E-state index < -0.39 is 11.8 Å². The molecule has 1 atom stereocenters. The summed E-state index contributed by atoms with van der Waals surface area (Å²) >= 11 is 4.79. The first-order valence-corrected chi connectivity index (χ1v) is 14.9. The van der Waals surface area contributed by atoms with Crippen LogP contribution in [0.3, 0.4) is 0 Å². The Labute approximate surface area is 257 Å². The summed E-state index contributed by atoms with van der Waals surface area (Å²) in [5, 5.41) is 8.16. The van der Waals surface area contributed by atoms with Crippen LogP contribution in [0.1, 0.15) is 29.8 Å². The van der Waals surface area contributed by atoms with Crippen molar-refractivity contribution in [3.8, 4) is 5.75 Å². The van der Waals surface area contributed by atoms with Crippen molar-refractivity contribution in [1.29, 1.82) is 0 Å². The number of ether oxygens (including phenoxy) is 1. The van der Waals surface area contributed by atoms with Crippen LogP contribution in [0, 0.1) is 0 Å². The Hall–Kier alpha value is -4.34. The van der Waals surface area contributed by atoms with Crippen molar-refractivity contribution in [3.63, 3.8) is 0 Å². The zero-order valence-corrected chi connectivity index (χ0v) is 25.5. The number of carbonyl (C=O) groups is 3. The van der Waals surface area contributed by atoms with Crippen LogP contribution in [-0.4, -0.2) is 29.6 Å². The zero-order valence-electron chi connectivity index (χ0n) is 23.1. The number of halogens is 1. The van der Waals surface area contributed by atoms with Crippen molar-refractivity contribution >= 4 is 62.9 Å². The molecule has 0 radical (unpaired) electrons. The van der Waals surface area contributed by atoms with Gasteiger partial charge in [-0.25, -0.2) is 0 Å². The van der Waals surface area contributed by atoms with Gasteiger partial charge in [-0.1, -0.05) is 46.3 Å². The predicted molar refractivity (Wildman–Crippen MR) is 173 cm³/mol. The van der Waals surface area contributed by atoms with Crippen LogP contribution in [0.5, 0.6) is 5.75 Å². The van der Waals surface area contributed by atoms with Gasteiger partial charge in [0.15, 0.2) is 0 Å². The number of hydrogen-bond donors (Lipinski definition) is 3. The highest BCUT2D eigenvalue weighted by molar-refractivity contribution is 9.10. The van der Waals surface area contributed by atoms with Crippen molar-refractivity contribution < 1.29 is 19.1 Å². The lowest BCUT2D eigenvalue weighted by Crippen LogP contribution is -2.30. The highest BCUT2D eigenvalue weighted by Gasteiger charge is 2.17. The van der Waals surface area contributed by atoms with Gasteiger partial charge in [-0.05, 0) is 98.3 Å². The fourth-order valence-electron chi connectivity index (χ4n) is 3.79. The van der Waals surface area contributed by atoms with Gasteiger partial charge in [0.2, 0.25) is 5.91 Å². The Balaban J connectivity index is 1.43. The molecule has 4 aromatic rings. The van der Waals surface area contributed by atoms with E-state index in [4.69, 9.17) is 4.74 Å². The third-order valence-electron chi connectivity index (χ3n) is 5.94. The van der Waals surface area contributed by atoms with E-state index in [9.17, 15) is 14.4 Å². The maximum Gasteiger partial charge on any atom is 0.272 e. The van der Waals surface area contributed by atoms with E-state index in [1.54, 1.807) is 54.6 Å². The number of hydrogen-bond acceptors (Lipinski definition) is 5. The monoisotopic (exact) mass is 643 g/mol. The van der Waals surface area contributed by atoms with Crippen molar-refractivity contribution in [3.05, 3.63) is 124 Å². The topological polar surface area (TPSA) is 96.5 Å². The molecule has 0 spiro atoms. The zero-order chi connectivity index (χ0) is 29.9. The largest absolute Gasteiger partial charge is 0.494 e. The van der Waals surface area contributed by atoms with Crippen molar-refractivity contribution in [2.45, 2.75) is 24.0 Å². The van der Waals surface area contributed by atoms with Gasteiger partial charge in [0.05, 0.1) is 11.9 Å². The van der Waals surface area contributed by atoms with E-state index in [-0.39, 0.29) is 16.9 Å². The van der Waals surface area contributed by atoms with Gasteiger partial charge in [0.1, 0.15) is 11.4 Å². The molecule has 0 saturated carbocycles. The SMILES string of the molecule is CCOc1ccc(/C=C(\NC(=O)c2ccccc2)C(=O)Nc2ccc(SC(C)C(=O)Nc3ccc(Br)cc3)cc2)cc1. The summed E-state index contributed by atoms with van der Waals surface area (Å²) in [6.07, 6.45) is 1.61. The summed E-state index contributed by atoms with van der Waals surface area (Å²) < 4.78 is 6.43. The summed E-state index contributed by atoms with van der Waals surface area (Å²) in [7, 11) is 0. The molecule has 1 unspecified atom stereocenters. The summed E-state index contributed by atoms with van der Waals surface area (Å²) in [4.78, 5) is 39.7. The predicted octanol–water partition coefficient (Wildman–Crippen LogP) is 7.38. The standard InChI is InChI=1S/C33H30BrN3O4S/c1-3-41-28-17-9-23(10-18-28)21-30(37-32(39)24-7-5-4-6-8-24)33(40)36-27-15-19-29(20-16-27)42-22(2)31(38)35-26-13-11-25(34)12-14-26/h4-22H,3H2,1-2H3,(H,35,38)(H,36,40)(H,37,39)/b30-21-. The van der Waals surface area contributed by atoms with Gasteiger partial charge < -0.3 is 20.7 Å². The number of carbonyl (C=O) groups excluding carboxylic acids is 3. The molecular formula is C33H30BrN3O4S. The second-order valence-electron chi connectivity index (χ2n) is 9.11. The Morgan fingerprint density at radius 2 is 1.45 bits per heavy atom. The van der Waals surface area contributed by atoms with E-state index in [1.807, 2.05) is 68.4 Å². The minimum atomic E-state index is -0.476. The van der Waals surface area contributed by atoms with Crippen LogP contribution in [0.25, 0.3) is 6.08 Å². The average molecular weight is 645 g/mol. The molecule has 3 amide bonds. The first kappa shape index (κ1) is 30.6. The lowest BCUT2D eigenvalue weighted by molar-refractivity contribution is -0.115. The molecule has 3 N–H and O–H groups in total. The molecule has 0 aliphatic heterocycles. The van der Waals surface area contributed by atoms with Gasteiger partial charge in [-0.15, -0.1) is 11.8 Å². The molecule has 4 aromatic carbocycles. The minimum absolute atomic E-state index is 0.0877. The molecule has 42 heavy (non-hydrogen) atoms. The van der Waals surface area contributed by atoms with Crippen molar-refractivity contribution in [2.75, 3.05) is 17.2 Å². The van der Waals surface area contributed by atoms with Gasteiger partial charge >= 0.3 is 0 Å². The summed E-state index contributed by atoms with van der Waals surface area (Å²) in [6.45, 7) is 4.29. The van der Waals surface area contributed by atoms with Crippen molar-refractivity contribution in [1.82, 2.24) is 5.32 Å². The normalized spacial score (nSPS) is 11.7. The average Bonchev–Trinajstić information content (AvgIpc) is 3.00. The van der Waals surface area contributed by atoms with Crippen LogP contribution >= 0.6 is 27.7 Å². The molecule has 9 heteroatoms. The van der Waals surface area contributed by atoms with Crippen LogP contribution in [0.2, 0.25) is 0 Å². The number of rotatable bonds is 11.